The molecule has 5 aromatic rings. The Hall–Kier alpha value is -5.76. The molecule has 2 aliphatic rings. The molecule has 0 aromatic heterocycles. The molecular weight excluding hydrogens is 624 g/mol. The van der Waals surface area contributed by atoms with Gasteiger partial charge in [0.2, 0.25) is 24.1 Å². The number of likely N-dealkylation sites (tertiary alicyclic amines) is 2. The van der Waals surface area contributed by atoms with Crippen molar-refractivity contribution in [3.8, 4) is 11.1 Å². The fourth-order valence-corrected chi connectivity index (χ4v) is 6.61. The van der Waals surface area contributed by atoms with Gasteiger partial charge in [-0.15, -0.1) is 0 Å². The first-order valence-corrected chi connectivity index (χ1v) is 17.3. The van der Waals surface area contributed by atoms with Crippen molar-refractivity contribution < 1.29 is 19.2 Å². The third kappa shape index (κ3) is 8.82. The zero-order chi connectivity index (χ0) is 34.7. The Morgan fingerprint density at radius 3 is 1.86 bits per heavy atom. The molecule has 7 rings (SSSR count). The molecule has 0 unspecified atom stereocenters. The largest absolute Gasteiger partial charge is 0.342 e. The summed E-state index contributed by atoms with van der Waals surface area (Å²) in [6.45, 7) is 2.51. The summed E-state index contributed by atoms with van der Waals surface area (Å²) in [4.78, 5) is 52.0. The molecule has 1 atom stereocenters. The second kappa shape index (κ2) is 16.6. The van der Waals surface area contributed by atoms with Gasteiger partial charge in [-0.05, 0) is 89.0 Å². The average molecular weight is 667 g/mol. The van der Waals surface area contributed by atoms with Gasteiger partial charge in [0.15, 0.2) is 0 Å². The van der Waals surface area contributed by atoms with E-state index in [1.54, 1.807) is 4.90 Å². The van der Waals surface area contributed by atoms with Crippen molar-refractivity contribution in [2.75, 3.05) is 30.3 Å². The number of hydrogen-bond acceptors (Lipinski definition) is 4. The molecule has 2 N–H and O–H groups in total. The summed E-state index contributed by atoms with van der Waals surface area (Å²) < 4.78 is 0. The normalized spacial score (nSPS) is 15.2. The molecule has 8 nitrogen and oxygen atoms in total. The van der Waals surface area contributed by atoms with Crippen LogP contribution in [0.25, 0.3) is 21.9 Å². The predicted molar refractivity (Wildman–Crippen MR) is 199 cm³/mol. The number of benzene rings is 5. The Balaban J connectivity index is 0.000000257. The van der Waals surface area contributed by atoms with Crippen LogP contribution >= 0.6 is 0 Å². The molecule has 50 heavy (non-hydrogen) atoms. The molecule has 0 radical (unpaired) electrons. The van der Waals surface area contributed by atoms with E-state index in [4.69, 9.17) is 0 Å². The molecule has 0 bridgehead atoms. The molecule has 2 aliphatic heterocycles. The van der Waals surface area contributed by atoms with Crippen molar-refractivity contribution in [3.63, 3.8) is 0 Å². The number of amides is 4. The van der Waals surface area contributed by atoms with Gasteiger partial charge in [0.05, 0.1) is 12.8 Å². The van der Waals surface area contributed by atoms with E-state index in [0.717, 1.165) is 58.2 Å². The Morgan fingerprint density at radius 2 is 1.20 bits per heavy atom. The molecule has 4 amide bonds. The molecule has 2 saturated heterocycles. The van der Waals surface area contributed by atoms with Gasteiger partial charge in [-0.2, -0.15) is 0 Å². The van der Waals surface area contributed by atoms with Crippen LogP contribution in [0.15, 0.2) is 121 Å². The molecule has 0 saturated carbocycles. The summed E-state index contributed by atoms with van der Waals surface area (Å²) in [6, 6.07) is 38.8. The van der Waals surface area contributed by atoms with Crippen molar-refractivity contribution in [2.45, 2.75) is 44.6 Å². The minimum Gasteiger partial charge on any atom is -0.342 e. The maximum atomic E-state index is 13.1. The van der Waals surface area contributed by atoms with Crippen molar-refractivity contribution in [1.82, 2.24) is 9.80 Å². The Labute approximate surface area is 293 Å². The highest BCUT2D eigenvalue weighted by molar-refractivity contribution is 6.00. The molecule has 0 aliphatic carbocycles. The monoisotopic (exact) mass is 666 g/mol. The average Bonchev–Trinajstić information content (AvgIpc) is 3.87. The number of carbonyl (C=O) groups excluding carboxylic acids is 4. The van der Waals surface area contributed by atoms with E-state index in [1.165, 1.54) is 12.8 Å². The molecular formula is C42H42N4O4. The van der Waals surface area contributed by atoms with Crippen LogP contribution in [0.4, 0.5) is 11.4 Å². The first kappa shape index (κ1) is 34.1. The van der Waals surface area contributed by atoms with Crippen LogP contribution in [-0.2, 0) is 32.0 Å². The van der Waals surface area contributed by atoms with Crippen molar-refractivity contribution in [3.05, 3.63) is 132 Å². The van der Waals surface area contributed by atoms with E-state index >= 15 is 0 Å². The Bertz CT molecular complexity index is 1920. The maximum absolute atomic E-state index is 13.1. The summed E-state index contributed by atoms with van der Waals surface area (Å²) in [5, 5.41) is 7.73. The minimum atomic E-state index is -0.448. The first-order chi connectivity index (χ1) is 24.5. The van der Waals surface area contributed by atoms with E-state index in [1.807, 2.05) is 120 Å². The second-order valence-corrected chi connectivity index (χ2v) is 12.8. The van der Waals surface area contributed by atoms with Crippen LogP contribution < -0.4 is 10.6 Å². The summed E-state index contributed by atoms with van der Waals surface area (Å²) >= 11 is 0. The van der Waals surface area contributed by atoms with Crippen molar-refractivity contribution in [2.24, 2.45) is 0 Å². The minimum absolute atomic E-state index is 0.0140. The van der Waals surface area contributed by atoms with Gasteiger partial charge in [-0.3, -0.25) is 19.2 Å². The SMILES string of the molecule is O=C(Cc1ccccc1)N1CCCC1.O=CNc1ccc(-c2ccc3cc(NC(=O)[C@@H]4CCCN4C(=O)Cc4ccccc4)ccc3c2)cc1. The van der Waals surface area contributed by atoms with Crippen molar-refractivity contribution >= 4 is 46.3 Å². The van der Waals surface area contributed by atoms with Gasteiger partial charge in [0.1, 0.15) is 6.04 Å². The highest BCUT2D eigenvalue weighted by Gasteiger charge is 2.34. The molecule has 2 heterocycles. The number of nitrogens with one attached hydrogen (secondary N) is 2. The summed E-state index contributed by atoms with van der Waals surface area (Å²) in [7, 11) is 0. The zero-order valence-electron chi connectivity index (χ0n) is 28.1. The number of nitrogens with zero attached hydrogens (tertiary/aromatic N) is 2. The van der Waals surface area contributed by atoms with Crippen LogP contribution in [0.3, 0.4) is 0 Å². The summed E-state index contributed by atoms with van der Waals surface area (Å²) in [5.74, 6) is 0.113. The smallest absolute Gasteiger partial charge is 0.247 e. The van der Waals surface area contributed by atoms with Crippen LogP contribution in [0.5, 0.6) is 0 Å². The quantitative estimate of drug-likeness (QED) is 0.164. The second-order valence-electron chi connectivity index (χ2n) is 12.8. The number of carbonyl (C=O) groups is 4. The van der Waals surface area contributed by atoms with E-state index in [2.05, 4.69) is 16.7 Å². The van der Waals surface area contributed by atoms with E-state index in [9.17, 15) is 19.2 Å². The summed E-state index contributed by atoms with van der Waals surface area (Å²) in [5.41, 5.74) is 5.65. The van der Waals surface area contributed by atoms with Gasteiger partial charge < -0.3 is 20.4 Å². The fourth-order valence-electron chi connectivity index (χ4n) is 6.61. The van der Waals surface area contributed by atoms with Crippen LogP contribution in [0.2, 0.25) is 0 Å². The van der Waals surface area contributed by atoms with Crippen molar-refractivity contribution in [1.29, 1.82) is 0 Å². The lowest BCUT2D eigenvalue weighted by Crippen LogP contribution is -2.43. The number of hydrogen-bond donors (Lipinski definition) is 2. The highest BCUT2D eigenvalue weighted by Crippen LogP contribution is 2.28. The predicted octanol–water partition coefficient (Wildman–Crippen LogP) is 7.10. The number of rotatable bonds is 9. The van der Waals surface area contributed by atoms with Crippen LogP contribution in [0, 0.1) is 0 Å². The van der Waals surface area contributed by atoms with Crippen LogP contribution in [-0.4, -0.2) is 59.6 Å². The maximum Gasteiger partial charge on any atom is 0.247 e. The lowest BCUT2D eigenvalue weighted by molar-refractivity contribution is -0.136. The van der Waals surface area contributed by atoms with Gasteiger partial charge >= 0.3 is 0 Å². The lowest BCUT2D eigenvalue weighted by Gasteiger charge is -2.24. The summed E-state index contributed by atoms with van der Waals surface area (Å²) in [6.07, 6.45) is 5.35. The zero-order valence-corrected chi connectivity index (χ0v) is 28.1. The number of anilines is 2. The molecule has 254 valence electrons. The van der Waals surface area contributed by atoms with Crippen LogP contribution in [0.1, 0.15) is 36.8 Å². The van der Waals surface area contributed by atoms with E-state index < -0.39 is 6.04 Å². The van der Waals surface area contributed by atoms with Gasteiger partial charge in [0.25, 0.3) is 0 Å². The standard InChI is InChI=1S/C30H27N3O3.C12H15NO/c34-20-31-26-13-10-22(11-14-26)23-8-9-25-19-27(15-12-24(25)18-23)32-30(36)28-7-4-16-33(28)29(35)17-21-5-2-1-3-6-21;14-12(13-8-4-5-9-13)10-11-6-2-1-3-7-11/h1-3,5-6,8-15,18-20,28H,4,7,16-17H2,(H,31,34)(H,32,36);1-3,6-7H,4-5,8-10H2/t28-;/m0./s1. The first-order valence-electron chi connectivity index (χ1n) is 17.3. The third-order valence-corrected chi connectivity index (χ3v) is 9.28. The van der Waals surface area contributed by atoms with Gasteiger partial charge in [-0.1, -0.05) is 91.0 Å². The molecule has 0 spiro atoms. The third-order valence-electron chi connectivity index (χ3n) is 9.28. The highest BCUT2D eigenvalue weighted by atomic mass is 16.2. The van der Waals surface area contributed by atoms with E-state index in [-0.39, 0.29) is 17.7 Å². The Kier molecular flexibility index (Phi) is 11.3. The number of fused-ring (bicyclic) bond motifs is 1. The molecule has 8 heteroatoms. The molecule has 2 fully saturated rings. The van der Waals surface area contributed by atoms with Gasteiger partial charge in [-0.25, -0.2) is 0 Å². The topological polar surface area (TPSA) is 98.8 Å². The van der Waals surface area contributed by atoms with E-state index in [0.29, 0.717) is 37.9 Å². The lowest BCUT2D eigenvalue weighted by atomic mass is 10.0. The Morgan fingerprint density at radius 1 is 0.620 bits per heavy atom. The van der Waals surface area contributed by atoms with Gasteiger partial charge in [0, 0.05) is 31.0 Å². The molecule has 5 aromatic carbocycles. The fraction of sp³-hybridized carbons (Fsp3) is 0.238.